The molecule has 2 aromatic heterocycles. The molecule has 0 spiro atoms. The minimum Gasteiger partial charge on any atom is -0.329 e. The van der Waals surface area contributed by atoms with Crippen molar-refractivity contribution in [1.82, 2.24) is 15.3 Å². The Morgan fingerprint density at radius 2 is 1.28 bits per heavy atom. The third-order valence-corrected chi connectivity index (χ3v) is 2.36. The van der Waals surface area contributed by atoms with Gasteiger partial charge in [0.05, 0.1) is 0 Å². The van der Waals surface area contributed by atoms with E-state index >= 15 is 0 Å². The maximum atomic E-state index is 10.8. The summed E-state index contributed by atoms with van der Waals surface area (Å²) in [5.74, 6) is 0. The van der Waals surface area contributed by atoms with E-state index in [1.807, 2.05) is 0 Å². The largest absolute Gasteiger partial charge is 0.329 e. The minimum absolute atomic E-state index is 0. The molecule has 0 saturated heterocycles. The van der Waals surface area contributed by atoms with Gasteiger partial charge in [0.2, 0.25) is 11.1 Å². The third kappa shape index (κ3) is 4.20. The maximum Gasteiger partial charge on any atom is 0.247 e. The monoisotopic (exact) mass is 267 g/mol. The molecule has 0 aliphatic rings. The molecule has 3 N–H and O–H groups in total. The molecule has 0 radical (unpaired) electrons. The van der Waals surface area contributed by atoms with E-state index in [2.05, 4.69) is 15.3 Å². The highest BCUT2D eigenvalue weighted by Crippen LogP contribution is 1.95. The first-order chi connectivity index (χ1) is 8.24. The van der Waals surface area contributed by atoms with Gasteiger partial charge in [-0.05, 0) is 11.1 Å². The van der Waals surface area contributed by atoms with Crippen molar-refractivity contribution in [1.29, 1.82) is 0 Å². The first-order valence-corrected chi connectivity index (χ1v) is 5.30. The van der Waals surface area contributed by atoms with Gasteiger partial charge in [0.1, 0.15) is 0 Å². The molecule has 2 rings (SSSR count). The molecule has 0 amide bonds. The molecular formula is C12H14ClN3O2. The van der Waals surface area contributed by atoms with E-state index < -0.39 is 0 Å². The van der Waals surface area contributed by atoms with Crippen molar-refractivity contribution in [2.45, 2.75) is 13.1 Å². The average Bonchev–Trinajstić information content (AvgIpc) is 2.34. The summed E-state index contributed by atoms with van der Waals surface area (Å²) < 4.78 is 0. The highest BCUT2D eigenvalue weighted by Gasteiger charge is 1.94. The molecule has 0 aliphatic heterocycles. The molecule has 0 aliphatic carbocycles. The lowest BCUT2D eigenvalue weighted by molar-refractivity contribution is 0.688. The number of nitrogens with one attached hydrogen (secondary N) is 3. The molecular weight excluding hydrogens is 254 g/mol. The minimum atomic E-state index is -0.102. The molecule has 18 heavy (non-hydrogen) atoms. The zero-order chi connectivity index (χ0) is 12.1. The number of halogens is 1. The normalized spacial score (nSPS) is 9.78. The standard InChI is InChI=1S/C12H13N3O2.ClH/c16-11-3-1-9(7-14-11)5-13-6-10-2-4-12(17)15-8-10;/h1-4,7-8,13H,5-6H2,(H,14,16)(H,15,17);1H. The van der Waals surface area contributed by atoms with E-state index in [1.165, 1.54) is 12.1 Å². The molecule has 6 heteroatoms. The van der Waals surface area contributed by atoms with E-state index in [4.69, 9.17) is 0 Å². The van der Waals surface area contributed by atoms with Crippen LogP contribution in [0.25, 0.3) is 0 Å². The van der Waals surface area contributed by atoms with Crippen molar-refractivity contribution >= 4 is 12.4 Å². The van der Waals surface area contributed by atoms with Crippen molar-refractivity contribution in [2.75, 3.05) is 0 Å². The topological polar surface area (TPSA) is 77.8 Å². The van der Waals surface area contributed by atoms with Gasteiger partial charge in [-0.2, -0.15) is 0 Å². The van der Waals surface area contributed by atoms with Crippen LogP contribution in [0.4, 0.5) is 0 Å². The quantitative estimate of drug-likeness (QED) is 0.766. The Hall–Kier alpha value is -1.85. The Morgan fingerprint density at radius 3 is 1.61 bits per heavy atom. The second-order valence-corrected chi connectivity index (χ2v) is 3.73. The zero-order valence-corrected chi connectivity index (χ0v) is 10.4. The van der Waals surface area contributed by atoms with Crippen LogP contribution in [0.2, 0.25) is 0 Å². The van der Waals surface area contributed by atoms with Crippen LogP contribution in [-0.4, -0.2) is 9.97 Å². The number of pyridine rings is 2. The molecule has 0 atom stereocenters. The first-order valence-electron chi connectivity index (χ1n) is 5.30. The molecule has 2 aromatic rings. The fraction of sp³-hybridized carbons (Fsp3) is 0.167. The van der Waals surface area contributed by atoms with Gasteiger partial charge < -0.3 is 15.3 Å². The Labute approximate surface area is 110 Å². The van der Waals surface area contributed by atoms with E-state index in [0.717, 1.165) is 11.1 Å². The Balaban J connectivity index is 0.00000162. The van der Waals surface area contributed by atoms with Crippen molar-refractivity contribution in [3.05, 3.63) is 68.5 Å². The molecule has 0 saturated carbocycles. The predicted octanol–water partition coefficient (Wildman–Crippen LogP) is 0.775. The van der Waals surface area contributed by atoms with Crippen molar-refractivity contribution in [3.63, 3.8) is 0 Å². The number of hydrogen-bond donors (Lipinski definition) is 3. The third-order valence-electron chi connectivity index (χ3n) is 2.36. The van der Waals surface area contributed by atoms with Gasteiger partial charge in [0.25, 0.3) is 0 Å². The molecule has 0 aromatic carbocycles. The molecule has 96 valence electrons. The van der Waals surface area contributed by atoms with Crippen LogP contribution in [0.1, 0.15) is 11.1 Å². The van der Waals surface area contributed by atoms with Crippen molar-refractivity contribution in [3.8, 4) is 0 Å². The van der Waals surface area contributed by atoms with Crippen LogP contribution in [-0.2, 0) is 13.1 Å². The van der Waals surface area contributed by atoms with Gasteiger partial charge in [0.15, 0.2) is 0 Å². The van der Waals surface area contributed by atoms with Crippen molar-refractivity contribution in [2.24, 2.45) is 0 Å². The Bertz CT molecular complexity index is 512. The molecule has 2 heterocycles. The summed E-state index contributed by atoms with van der Waals surface area (Å²) in [4.78, 5) is 26.9. The summed E-state index contributed by atoms with van der Waals surface area (Å²) in [5, 5.41) is 3.21. The average molecular weight is 268 g/mol. The van der Waals surface area contributed by atoms with Crippen LogP contribution in [0.3, 0.4) is 0 Å². The summed E-state index contributed by atoms with van der Waals surface area (Å²) in [7, 11) is 0. The Morgan fingerprint density at radius 1 is 0.833 bits per heavy atom. The lowest BCUT2D eigenvalue weighted by Crippen LogP contribution is -2.15. The molecule has 0 unspecified atom stereocenters. The number of H-pyrrole nitrogens is 2. The summed E-state index contributed by atoms with van der Waals surface area (Å²) in [6.45, 7) is 1.33. The second-order valence-electron chi connectivity index (χ2n) is 3.73. The second kappa shape index (κ2) is 6.78. The van der Waals surface area contributed by atoms with E-state index in [0.29, 0.717) is 13.1 Å². The SMILES string of the molecule is Cl.O=c1ccc(CNCc2ccc(=O)[nH]c2)c[nH]1. The van der Waals surface area contributed by atoms with Gasteiger partial charge in [-0.15, -0.1) is 12.4 Å². The van der Waals surface area contributed by atoms with E-state index in [9.17, 15) is 9.59 Å². The van der Waals surface area contributed by atoms with E-state index in [1.54, 1.807) is 24.5 Å². The van der Waals surface area contributed by atoms with Gasteiger partial charge in [-0.3, -0.25) is 9.59 Å². The molecule has 0 fully saturated rings. The number of aromatic amines is 2. The van der Waals surface area contributed by atoms with Crippen LogP contribution in [0.15, 0.2) is 46.2 Å². The lowest BCUT2D eigenvalue weighted by Gasteiger charge is -2.04. The van der Waals surface area contributed by atoms with Crippen LogP contribution in [0.5, 0.6) is 0 Å². The molecule has 0 bridgehead atoms. The Kier molecular flexibility index (Phi) is 5.35. The molecule has 5 nitrogen and oxygen atoms in total. The van der Waals surface area contributed by atoms with Crippen molar-refractivity contribution < 1.29 is 0 Å². The fourth-order valence-electron chi connectivity index (χ4n) is 1.46. The smallest absolute Gasteiger partial charge is 0.247 e. The first kappa shape index (κ1) is 14.2. The van der Waals surface area contributed by atoms with Crippen LogP contribution < -0.4 is 16.4 Å². The van der Waals surface area contributed by atoms with Gasteiger partial charge in [-0.25, -0.2) is 0 Å². The highest BCUT2D eigenvalue weighted by atomic mass is 35.5. The number of rotatable bonds is 4. The summed E-state index contributed by atoms with van der Waals surface area (Å²) in [6, 6.07) is 6.55. The predicted molar refractivity (Wildman–Crippen MR) is 71.9 cm³/mol. The van der Waals surface area contributed by atoms with Gasteiger partial charge in [0, 0.05) is 37.6 Å². The van der Waals surface area contributed by atoms with Gasteiger partial charge in [-0.1, -0.05) is 12.1 Å². The summed E-state index contributed by atoms with van der Waals surface area (Å²) in [5.41, 5.74) is 1.81. The summed E-state index contributed by atoms with van der Waals surface area (Å²) in [6.07, 6.45) is 3.37. The number of hydrogen-bond acceptors (Lipinski definition) is 3. The van der Waals surface area contributed by atoms with Gasteiger partial charge >= 0.3 is 0 Å². The maximum absolute atomic E-state index is 10.8. The fourth-order valence-corrected chi connectivity index (χ4v) is 1.46. The van der Waals surface area contributed by atoms with E-state index in [-0.39, 0.29) is 23.5 Å². The summed E-state index contributed by atoms with van der Waals surface area (Å²) >= 11 is 0. The number of aromatic nitrogens is 2. The lowest BCUT2D eigenvalue weighted by atomic mass is 10.2. The highest BCUT2D eigenvalue weighted by molar-refractivity contribution is 5.85. The van der Waals surface area contributed by atoms with Crippen LogP contribution >= 0.6 is 12.4 Å². The van der Waals surface area contributed by atoms with Crippen LogP contribution in [0, 0.1) is 0 Å². The zero-order valence-electron chi connectivity index (χ0n) is 9.60.